The van der Waals surface area contributed by atoms with Gasteiger partial charge in [-0.15, -0.1) is 0 Å². The molecule has 0 heterocycles. The van der Waals surface area contributed by atoms with Crippen LogP contribution in [-0.2, 0) is 4.79 Å². The number of nitrogens with zero attached hydrogens (tertiary/aromatic N) is 1. The number of carbonyl (C=O) groups is 1. The van der Waals surface area contributed by atoms with Gasteiger partial charge in [-0.2, -0.15) is 0 Å². The van der Waals surface area contributed by atoms with Crippen LogP contribution in [0.2, 0.25) is 0 Å². The molecule has 24 heavy (non-hydrogen) atoms. The van der Waals surface area contributed by atoms with Crippen LogP contribution < -0.4 is 69.3 Å². The van der Waals surface area contributed by atoms with Gasteiger partial charge in [-0.1, -0.05) is 72.1 Å². The van der Waals surface area contributed by atoms with Crippen molar-refractivity contribution >= 4 is 11.9 Å². The Morgan fingerprint density at radius 3 is 1.75 bits per heavy atom. The minimum absolute atomic E-state index is 0. The van der Waals surface area contributed by atoms with Gasteiger partial charge in [0.15, 0.2) is 0 Å². The molecular weight excluding hydrogens is 324 g/mol. The fourth-order valence-corrected chi connectivity index (χ4v) is 2.47. The summed E-state index contributed by atoms with van der Waals surface area (Å²) in [4.78, 5) is 14.7. The molecule has 0 bridgehead atoms. The largest absolute Gasteiger partial charge is 1.00 e. The SMILES string of the molecule is CCCCCCCCCCCC([O-])=N[C@@H](CC(C)C)C(=O)[O-].[Na+].[Na+]. The number of rotatable bonds is 14. The van der Waals surface area contributed by atoms with E-state index in [9.17, 15) is 15.0 Å². The summed E-state index contributed by atoms with van der Waals surface area (Å²) >= 11 is 0. The van der Waals surface area contributed by atoms with E-state index in [0.717, 1.165) is 19.3 Å². The zero-order valence-corrected chi connectivity index (χ0v) is 20.6. The molecule has 0 spiro atoms. The number of aliphatic imine (C=N–C) groups is 1. The smallest absolute Gasteiger partial charge is 0.862 e. The third kappa shape index (κ3) is 19.3. The van der Waals surface area contributed by atoms with Crippen LogP contribution in [0.15, 0.2) is 4.99 Å². The average molecular weight is 357 g/mol. The molecule has 0 rings (SSSR count). The molecule has 0 saturated heterocycles. The Morgan fingerprint density at radius 1 is 0.875 bits per heavy atom. The number of carboxylic acids is 1. The van der Waals surface area contributed by atoms with Gasteiger partial charge < -0.3 is 15.0 Å². The standard InChI is InChI=1S/C18H35NO3.2Na/c1-4-5-6-7-8-9-10-11-12-13-17(20)19-16(18(21)22)14-15(2)3;;/h15-16H,4-14H2,1-3H3,(H,19,20)(H,21,22);;/q;2*+1/p-2/t16-;;/m0../s1. The van der Waals surface area contributed by atoms with Gasteiger partial charge in [-0.3, -0.25) is 4.99 Å². The molecule has 130 valence electrons. The van der Waals surface area contributed by atoms with Crippen molar-refractivity contribution in [2.24, 2.45) is 10.9 Å². The third-order valence-corrected chi connectivity index (χ3v) is 3.76. The summed E-state index contributed by atoms with van der Waals surface area (Å²) in [6.07, 6.45) is 11.4. The van der Waals surface area contributed by atoms with Gasteiger partial charge in [0.1, 0.15) is 0 Å². The van der Waals surface area contributed by atoms with Gasteiger partial charge in [0.05, 0.1) is 12.0 Å². The van der Waals surface area contributed by atoms with E-state index in [2.05, 4.69) is 11.9 Å². The van der Waals surface area contributed by atoms with Crippen LogP contribution in [0, 0.1) is 5.92 Å². The summed E-state index contributed by atoms with van der Waals surface area (Å²) in [6.45, 7) is 6.04. The molecule has 0 aromatic carbocycles. The summed E-state index contributed by atoms with van der Waals surface area (Å²) in [5.41, 5.74) is 0. The zero-order chi connectivity index (χ0) is 16.8. The number of hydrogen-bond acceptors (Lipinski definition) is 4. The number of carbonyl (C=O) groups excluding carboxylic acids is 1. The molecule has 0 amide bonds. The normalized spacial score (nSPS) is 12.4. The molecule has 0 unspecified atom stereocenters. The predicted octanol–water partition coefficient (Wildman–Crippen LogP) is -3.16. The van der Waals surface area contributed by atoms with Crippen molar-refractivity contribution in [3.8, 4) is 0 Å². The van der Waals surface area contributed by atoms with Gasteiger partial charge in [0.25, 0.3) is 0 Å². The number of carboxylic acid groups (broad SMARTS) is 1. The fourth-order valence-electron chi connectivity index (χ4n) is 2.47. The van der Waals surface area contributed by atoms with E-state index in [1.807, 2.05) is 13.8 Å². The molecule has 0 radical (unpaired) electrons. The van der Waals surface area contributed by atoms with Gasteiger partial charge in [0, 0.05) is 0 Å². The molecule has 1 atom stereocenters. The molecule has 0 aromatic heterocycles. The van der Waals surface area contributed by atoms with Crippen molar-refractivity contribution in [2.75, 3.05) is 0 Å². The first-order valence-electron chi connectivity index (χ1n) is 8.91. The fraction of sp³-hybridized carbons (Fsp3) is 0.889. The Balaban J connectivity index is -0.00000220. The molecule has 0 aliphatic rings. The third-order valence-electron chi connectivity index (χ3n) is 3.76. The monoisotopic (exact) mass is 357 g/mol. The molecular formula is C18H33NNa2O3. The molecule has 0 aromatic rings. The van der Waals surface area contributed by atoms with Gasteiger partial charge in [-0.05, 0) is 31.1 Å². The second kappa shape index (κ2) is 20.3. The van der Waals surface area contributed by atoms with E-state index >= 15 is 0 Å². The maximum absolute atomic E-state index is 11.7. The maximum atomic E-state index is 11.7. The topological polar surface area (TPSA) is 75.5 Å². The van der Waals surface area contributed by atoms with E-state index in [0.29, 0.717) is 12.8 Å². The molecule has 0 N–H and O–H groups in total. The number of aliphatic carboxylic acids is 1. The van der Waals surface area contributed by atoms with Crippen LogP contribution in [0.3, 0.4) is 0 Å². The van der Waals surface area contributed by atoms with Crippen LogP contribution >= 0.6 is 0 Å². The molecule has 0 aliphatic heterocycles. The Kier molecular flexibility index (Phi) is 25.1. The van der Waals surface area contributed by atoms with E-state index < -0.39 is 12.0 Å². The number of unbranched alkanes of at least 4 members (excludes halogenated alkanes) is 8. The first kappa shape index (κ1) is 29.7. The van der Waals surface area contributed by atoms with Crippen molar-refractivity contribution in [1.82, 2.24) is 0 Å². The summed E-state index contributed by atoms with van der Waals surface area (Å²) in [7, 11) is 0. The van der Waals surface area contributed by atoms with Crippen LogP contribution in [0.4, 0.5) is 0 Å². The molecule has 0 saturated carbocycles. The zero-order valence-electron chi connectivity index (χ0n) is 16.6. The minimum Gasteiger partial charge on any atom is -0.862 e. The Morgan fingerprint density at radius 2 is 1.33 bits per heavy atom. The number of hydrogen-bond donors (Lipinski definition) is 0. The van der Waals surface area contributed by atoms with E-state index in [1.165, 1.54) is 38.5 Å². The van der Waals surface area contributed by atoms with Gasteiger partial charge in [0.2, 0.25) is 0 Å². The van der Waals surface area contributed by atoms with Crippen LogP contribution in [0.25, 0.3) is 0 Å². The maximum Gasteiger partial charge on any atom is 1.00 e. The van der Waals surface area contributed by atoms with Crippen LogP contribution in [-0.4, -0.2) is 17.9 Å². The van der Waals surface area contributed by atoms with Gasteiger partial charge in [-0.25, -0.2) is 0 Å². The van der Waals surface area contributed by atoms with Crippen molar-refractivity contribution in [3.63, 3.8) is 0 Å². The first-order valence-corrected chi connectivity index (χ1v) is 8.91. The van der Waals surface area contributed by atoms with Crippen LogP contribution in [0.5, 0.6) is 0 Å². The van der Waals surface area contributed by atoms with E-state index in [4.69, 9.17) is 0 Å². The molecule has 0 fully saturated rings. The summed E-state index contributed by atoms with van der Waals surface area (Å²) in [5, 5.41) is 22.6. The quantitative estimate of drug-likeness (QED) is 0.143. The predicted molar refractivity (Wildman–Crippen MR) is 87.5 cm³/mol. The minimum atomic E-state index is -1.24. The van der Waals surface area contributed by atoms with Crippen molar-refractivity contribution < 1.29 is 74.1 Å². The van der Waals surface area contributed by atoms with E-state index in [-0.39, 0.29) is 70.9 Å². The Hall–Kier alpha value is 0.940. The van der Waals surface area contributed by atoms with E-state index in [1.54, 1.807) is 0 Å². The Bertz CT molecular complexity index is 323. The Labute approximate surface area is 192 Å². The first-order chi connectivity index (χ1) is 10.5. The van der Waals surface area contributed by atoms with Crippen molar-refractivity contribution in [2.45, 2.75) is 97.4 Å². The summed E-state index contributed by atoms with van der Waals surface area (Å²) in [6, 6.07) is -0.980. The van der Waals surface area contributed by atoms with Crippen molar-refractivity contribution in [3.05, 3.63) is 0 Å². The van der Waals surface area contributed by atoms with Gasteiger partial charge >= 0.3 is 59.1 Å². The molecule has 6 heteroatoms. The molecule has 4 nitrogen and oxygen atoms in total. The van der Waals surface area contributed by atoms with Crippen LogP contribution in [0.1, 0.15) is 91.4 Å². The second-order valence-electron chi connectivity index (χ2n) is 6.57. The summed E-state index contributed by atoms with van der Waals surface area (Å²) in [5.74, 6) is -1.35. The van der Waals surface area contributed by atoms with Crippen molar-refractivity contribution in [1.29, 1.82) is 0 Å². The molecule has 0 aliphatic carbocycles. The summed E-state index contributed by atoms with van der Waals surface area (Å²) < 4.78 is 0. The average Bonchev–Trinajstić information content (AvgIpc) is 2.44. The second-order valence-corrected chi connectivity index (χ2v) is 6.57.